The molecular weight excluding hydrogens is 1050 g/mol. The van der Waals surface area contributed by atoms with Gasteiger partial charge in [0.25, 0.3) is 0 Å². The quantitative estimate of drug-likeness (QED) is 0.0607. The number of halogens is 30. The molecule has 0 aromatic heterocycles. The minimum absolute atomic E-state index is 0.183. The minimum Gasteiger partial charge on any atom is -0.360 e. The molecule has 1 rings (SSSR count). The number of hydrogen-bond donors (Lipinski definition) is 0. The number of ether oxygens (including phenoxy) is 4. The molecule has 0 amide bonds. The van der Waals surface area contributed by atoms with Crippen LogP contribution in [0.15, 0.2) is 0 Å². The van der Waals surface area contributed by atoms with Crippen molar-refractivity contribution in [3.05, 3.63) is 0 Å². The maximum Gasteiger partial charge on any atom is 0.389 e. The van der Waals surface area contributed by atoms with Crippen LogP contribution < -0.4 is 0 Å². The molecular formula is C35H40F30O4. The molecule has 414 valence electrons. The fraction of sp³-hybridized carbons (Fsp3) is 1.00. The molecule has 0 aromatic carbocycles. The van der Waals surface area contributed by atoms with Gasteiger partial charge in [-0.15, -0.1) is 0 Å². The van der Waals surface area contributed by atoms with Crippen LogP contribution >= 0.6 is 0 Å². The van der Waals surface area contributed by atoms with Crippen LogP contribution in [0.3, 0.4) is 0 Å². The zero-order chi connectivity index (χ0) is 55.0. The first-order valence-electron chi connectivity index (χ1n) is 19.6. The third kappa shape index (κ3) is 11.0. The Hall–Kier alpha value is -2.26. The van der Waals surface area contributed by atoms with Crippen molar-refractivity contribution in [1.82, 2.24) is 0 Å². The van der Waals surface area contributed by atoms with Gasteiger partial charge in [0.1, 0.15) is 0 Å². The highest BCUT2D eigenvalue weighted by atomic mass is 19.4. The molecule has 0 N–H and O–H groups in total. The van der Waals surface area contributed by atoms with Gasteiger partial charge in [-0.3, -0.25) is 0 Å². The number of hydrogen-bond acceptors (Lipinski definition) is 4. The van der Waals surface area contributed by atoms with E-state index in [2.05, 4.69) is 18.9 Å². The number of alkyl halides is 30. The average molecular weight is 1090 g/mol. The summed E-state index contributed by atoms with van der Waals surface area (Å²) >= 11 is 0. The van der Waals surface area contributed by atoms with Gasteiger partial charge < -0.3 is 18.9 Å². The van der Waals surface area contributed by atoms with E-state index in [1.54, 1.807) is 0 Å². The van der Waals surface area contributed by atoms with Crippen LogP contribution in [0.1, 0.15) is 85.0 Å². The summed E-state index contributed by atoms with van der Waals surface area (Å²) in [4.78, 5) is 0. The predicted molar refractivity (Wildman–Crippen MR) is 172 cm³/mol. The summed E-state index contributed by atoms with van der Waals surface area (Å²) in [6.07, 6.45) is -59.3. The molecule has 4 unspecified atom stereocenters. The van der Waals surface area contributed by atoms with E-state index in [0.717, 1.165) is 0 Å². The van der Waals surface area contributed by atoms with Crippen molar-refractivity contribution in [2.24, 2.45) is 5.41 Å². The van der Waals surface area contributed by atoms with E-state index in [-0.39, 0.29) is 20.8 Å². The van der Waals surface area contributed by atoms with Crippen LogP contribution in [0.5, 0.6) is 0 Å². The molecule has 0 spiro atoms. The van der Waals surface area contributed by atoms with Gasteiger partial charge in [0.15, 0.2) is 23.9 Å². The molecule has 4 nitrogen and oxygen atoms in total. The first kappa shape index (κ1) is 64.8. The second-order valence-corrected chi connectivity index (χ2v) is 15.3. The monoisotopic (exact) mass is 1090 g/mol. The maximum absolute atomic E-state index is 17.4. The van der Waals surface area contributed by atoms with Crippen LogP contribution in [0.2, 0.25) is 0 Å². The zero-order valence-electron chi connectivity index (χ0n) is 35.1. The molecule has 4 atom stereocenters. The van der Waals surface area contributed by atoms with E-state index in [1.807, 2.05) is 0 Å². The molecule has 1 fully saturated rings. The van der Waals surface area contributed by atoms with E-state index in [0.29, 0.717) is 0 Å². The molecule has 0 aromatic rings. The van der Waals surface area contributed by atoms with Crippen molar-refractivity contribution >= 4 is 0 Å². The second kappa shape index (κ2) is 20.9. The predicted octanol–water partition coefficient (Wildman–Crippen LogP) is 14.8. The van der Waals surface area contributed by atoms with E-state index in [9.17, 15) is 48.3 Å². The Kier molecular flexibility index (Phi) is 19.6. The van der Waals surface area contributed by atoms with Crippen molar-refractivity contribution in [2.45, 2.75) is 187 Å². The Morgan fingerprint density at radius 1 is 0.406 bits per heavy atom. The highest BCUT2D eigenvalue weighted by Gasteiger charge is 3.04. The first-order valence-corrected chi connectivity index (χ1v) is 19.6. The Morgan fingerprint density at radius 2 is 0.667 bits per heavy atom. The summed E-state index contributed by atoms with van der Waals surface area (Å²) in [6.45, 7) is -9.33. The molecule has 0 saturated carbocycles. The summed E-state index contributed by atoms with van der Waals surface area (Å²) < 4.78 is 471. The summed E-state index contributed by atoms with van der Waals surface area (Å²) in [7, 11) is 0. The van der Waals surface area contributed by atoms with Crippen LogP contribution in [-0.2, 0) is 18.9 Å². The summed E-state index contributed by atoms with van der Waals surface area (Å²) in [5.41, 5.74) is -16.0. The van der Waals surface area contributed by atoms with Crippen molar-refractivity contribution in [2.75, 3.05) is 26.4 Å². The van der Waals surface area contributed by atoms with E-state index in [1.165, 1.54) is 0 Å². The minimum atomic E-state index is -9.07. The van der Waals surface area contributed by atoms with Gasteiger partial charge in [-0.25, -0.2) is 13.2 Å². The normalized spacial score (nSPS) is 22.7. The van der Waals surface area contributed by atoms with Crippen molar-refractivity contribution in [1.29, 1.82) is 0 Å². The molecule has 1 aliphatic heterocycles. The molecule has 1 heterocycles. The second-order valence-electron chi connectivity index (χ2n) is 15.3. The third-order valence-corrected chi connectivity index (χ3v) is 10.7. The van der Waals surface area contributed by atoms with E-state index in [4.69, 9.17) is 0 Å². The Bertz CT molecular complexity index is 1550. The zero-order valence-corrected chi connectivity index (χ0v) is 35.1. The van der Waals surface area contributed by atoms with Gasteiger partial charge in [0.05, 0.1) is 6.61 Å². The van der Waals surface area contributed by atoms with Gasteiger partial charge in [-0.2, -0.15) is 119 Å². The smallest absolute Gasteiger partial charge is 0.360 e. The molecule has 1 aliphatic rings. The fourth-order valence-corrected chi connectivity index (χ4v) is 7.48. The standard InChI is InChI=1S/C35H40F30O4/c1-4-66-28(34(64,65)33(62,63)27(52,53)20(38)12-9-15-24(45,46)47)21(16-17-69-35(28,67-5-2)68-6-3,29(54,55)31(58,59)25(48,49)18(36)10-7-13-22(39,40)41)30(56,57)32(60,61)26(50,51)19(37)11-8-14-23(42,43)44/h18-20H,4-17H2,1-3H3. The van der Waals surface area contributed by atoms with Crippen molar-refractivity contribution in [3.8, 4) is 0 Å². The van der Waals surface area contributed by atoms with Crippen LogP contribution in [0, 0.1) is 5.41 Å². The van der Waals surface area contributed by atoms with Gasteiger partial charge in [0, 0.05) is 39.1 Å². The Morgan fingerprint density at radius 3 is 0.913 bits per heavy atom. The van der Waals surface area contributed by atoms with E-state index >= 15 is 83.4 Å². The first-order chi connectivity index (χ1) is 30.5. The molecule has 69 heavy (non-hydrogen) atoms. The average Bonchev–Trinajstić information content (AvgIpc) is 3.16. The van der Waals surface area contributed by atoms with Crippen molar-refractivity contribution in [3.63, 3.8) is 0 Å². The lowest BCUT2D eigenvalue weighted by Crippen LogP contribution is -2.92. The lowest BCUT2D eigenvalue weighted by Gasteiger charge is -2.66. The van der Waals surface area contributed by atoms with Gasteiger partial charge in [0.2, 0.25) is 5.60 Å². The van der Waals surface area contributed by atoms with Gasteiger partial charge >= 0.3 is 77.8 Å². The lowest BCUT2D eigenvalue weighted by molar-refractivity contribution is -0.574. The SMILES string of the molecule is CCOC1(OCC)OCCC(C(F)(F)C(F)(F)C(F)(F)C(F)CCCC(F)(F)F)(C(F)(F)C(F)(F)C(F)(F)C(F)CCCC(F)(F)F)C1(OCC)C(F)(F)C(F)(F)C(F)(F)C(F)CCCC(F)(F)F. The largest absolute Gasteiger partial charge is 0.389 e. The maximum atomic E-state index is 17.4. The van der Waals surface area contributed by atoms with Crippen molar-refractivity contribution < 1.29 is 151 Å². The third-order valence-electron chi connectivity index (χ3n) is 10.7. The molecule has 0 aliphatic carbocycles. The van der Waals surface area contributed by atoms with Crippen LogP contribution in [0.4, 0.5) is 132 Å². The number of rotatable bonds is 27. The van der Waals surface area contributed by atoms with Crippen LogP contribution in [-0.4, -0.2) is 128 Å². The topological polar surface area (TPSA) is 36.9 Å². The van der Waals surface area contributed by atoms with E-state index < -0.39 is 198 Å². The lowest BCUT2D eigenvalue weighted by atomic mass is 9.52. The Balaban J connectivity index is 5.07. The van der Waals surface area contributed by atoms with Crippen LogP contribution in [0.25, 0.3) is 0 Å². The van der Waals surface area contributed by atoms with Gasteiger partial charge in [-0.05, 0) is 65.7 Å². The highest BCUT2D eigenvalue weighted by molar-refractivity contribution is 5.32. The van der Waals surface area contributed by atoms with Gasteiger partial charge in [-0.1, -0.05) is 0 Å². The molecule has 34 heteroatoms. The summed E-state index contributed by atoms with van der Waals surface area (Å²) in [5.74, 6) is -82.3. The molecule has 0 radical (unpaired) electrons. The molecule has 1 saturated heterocycles. The molecule has 0 bridgehead atoms. The highest BCUT2D eigenvalue weighted by Crippen LogP contribution is 2.77. The fourth-order valence-electron chi connectivity index (χ4n) is 7.48. The summed E-state index contributed by atoms with van der Waals surface area (Å²) in [5, 5.41) is 0. The Labute approximate surface area is 370 Å². The summed E-state index contributed by atoms with van der Waals surface area (Å²) in [6, 6.07) is 0.